The molecule has 50 heavy (non-hydrogen) atoms. The lowest BCUT2D eigenvalue weighted by atomic mass is 9.85. The molecule has 3 amide bonds. The molecule has 5 rings (SSSR count). The molecule has 2 aliphatic heterocycles. The summed E-state index contributed by atoms with van der Waals surface area (Å²) in [6.45, 7) is 11.3. The zero-order chi connectivity index (χ0) is 36.3. The van der Waals surface area contributed by atoms with Crippen LogP contribution in [0.4, 0.5) is 11.5 Å². The van der Waals surface area contributed by atoms with Gasteiger partial charge in [-0.3, -0.25) is 19.3 Å². The Morgan fingerprint density at radius 3 is 2.34 bits per heavy atom. The van der Waals surface area contributed by atoms with Gasteiger partial charge in [0, 0.05) is 45.2 Å². The number of rotatable bonds is 10. The lowest BCUT2D eigenvalue weighted by Gasteiger charge is -2.37. The van der Waals surface area contributed by atoms with Gasteiger partial charge in [-0.1, -0.05) is 45.0 Å². The average molecular weight is 708 g/mol. The van der Waals surface area contributed by atoms with Gasteiger partial charge in [-0.15, -0.1) is 21.5 Å². The van der Waals surface area contributed by atoms with Crippen LogP contribution in [0.5, 0.6) is 0 Å². The van der Waals surface area contributed by atoms with Crippen LogP contribution < -0.4 is 21.3 Å². The maximum Gasteiger partial charge on any atom is 0.356 e. The minimum atomic E-state index is -1.20. The van der Waals surface area contributed by atoms with E-state index in [2.05, 4.69) is 25.8 Å². The molecule has 0 aliphatic carbocycles. The van der Waals surface area contributed by atoms with Crippen molar-refractivity contribution in [3.63, 3.8) is 0 Å². The molecule has 2 saturated heterocycles. The molecule has 3 aromatic rings. The number of aliphatic hydroxyl groups excluding tert-OH is 1. The number of nitrogens with two attached hydrogens (primary N) is 1. The second kappa shape index (κ2) is 15.1. The van der Waals surface area contributed by atoms with E-state index in [0.717, 1.165) is 21.7 Å². The third kappa shape index (κ3) is 8.37. The normalized spacial score (nSPS) is 19.6. The molecule has 0 spiro atoms. The zero-order valence-corrected chi connectivity index (χ0v) is 29.7. The first kappa shape index (κ1) is 36.6. The first-order chi connectivity index (χ1) is 23.6. The van der Waals surface area contributed by atoms with E-state index in [1.54, 1.807) is 11.3 Å². The minimum Gasteiger partial charge on any atom is -0.476 e. The Bertz CT molecular complexity index is 1720. The number of hydrogen-bond acceptors (Lipinski definition) is 12. The van der Waals surface area contributed by atoms with E-state index in [1.807, 2.05) is 74.2 Å². The second-order valence-corrected chi connectivity index (χ2v) is 14.8. The third-order valence-corrected chi connectivity index (χ3v) is 10.1. The van der Waals surface area contributed by atoms with E-state index in [-0.39, 0.29) is 48.9 Å². The molecule has 2 aromatic heterocycles. The summed E-state index contributed by atoms with van der Waals surface area (Å²) in [5.74, 6) is -2.23. The van der Waals surface area contributed by atoms with Crippen molar-refractivity contribution in [1.82, 2.24) is 35.6 Å². The first-order valence-corrected chi connectivity index (χ1v) is 17.4. The van der Waals surface area contributed by atoms with Crippen molar-refractivity contribution in [2.75, 3.05) is 49.9 Å². The number of anilines is 2. The number of piperazine rings is 1. The van der Waals surface area contributed by atoms with E-state index in [4.69, 9.17) is 5.73 Å². The number of carboxylic acid groups (broad SMARTS) is 1. The molecule has 0 saturated carbocycles. The summed E-state index contributed by atoms with van der Waals surface area (Å²) in [6.07, 6.45) is -0.787. The third-order valence-electron chi connectivity index (χ3n) is 9.16. The summed E-state index contributed by atoms with van der Waals surface area (Å²) in [5, 5.41) is 33.1. The molecule has 1 unspecified atom stereocenters. The molecule has 15 nitrogen and oxygen atoms in total. The highest BCUT2D eigenvalue weighted by atomic mass is 32.1. The summed E-state index contributed by atoms with van der Waals surface area (Å²) in [5.41, 5.74) is 10.2. The lowest BCUT2D eigenvalue weighted by Crippen LogP contribution is -2.59. The Morgan fingerprint density at radius 1 is 1.06 bits per heavy atom. The standard InChI is InChI=1S/C34H45N9O6S/c1-19(21-6-8-22(9-7-21)28-20(2)36-18-50-28)37-31(46)26-14-23(44)16-43(26)32(47)29(34(3,4)5)38-27(45)17-41-10-12-42(13-11-41)25-15-24(33(48)49)39-40-30(25)35/h6-9,15,18-19,23,26,29,44H,10-14,16-17H2,1-5H3,(H2,35,40)(H,37,46)(H,38,45)(H,48,49)/t19-,23+,26-,29?/m0/s1. The van der Waals surface area contributed by atoms with Crippen LogP contribution in [0.2, 0.25) is 0 Å². The predicted octanol–water partition coefficient (Wildman–Crippen LogP) is 1.68. The van der Waals surface area contributed by atoms with E-state index < -0.39 is 35.5 Å². The molecule has 6 N–H and O–H groups in total. The van der Waals surface area contributed by atoms with Gasteiger partial charge in [0.05, 0.1) is 40.5 Å². The Kier molecular flexibility index (Phi) is 11.0. The maximum absolute atomic E-state index is 14.1. The first-order valence-electron chi connectivity index (χ1n) is 16.5. The highest BCUT2D eigenvalue weighted by Crippen LogP contribution is 2.30. The Morgan fingerprint density at radius 2 is 1.74 bits per heavy atom. The zero-order valence-electron chi connectivity index (χ0n) is 28.9. The van der Waals surface area contributed by atoms with Crippen LogP contribution in [-0.2, 0) is 14.4 Å². The van der Waals surface area contributed by atoms with E-state index in [9.17, 15) is 29.4 Å². The Labute approximate surface area is 294 Å². The number of carbonyl (C=O) groups excluding carboxylic acids is 3. The number of thiazole rings is 1. The summed E-state index contributed by atoms with van der Waals surface area (Å²) in [6, 6.07) is 7.09. The Hall–Kier alpha value is -4.67. The van der Waals surface area contributed by atoms with E-state index in [1.165, 1.54) is 11.0 Å². The van der Waals surface area contributed by atoms with Gasteiger partial charge in [-0.25, -0.2) is 9.78 Å². The van der Waals surface area contributed by atoms with E-state index in [0.29, 0.717) is 31.9 Å². The van der Waals surface area contributed by atoms with Gasteiger partial charge in [0.25, 0.3) is 0 Å². The molecular weight excluding hydrogens is 662 g/mol. The number of aromatic carboxylic acids is 1. The van der Waals surface area contributed by atoms with Crippen molar-refractivity contribution in [1.29, 1.82) is 0 Å². The van der Waals surface area contributed by atoms with Gasteiger partial charge in [0.2, 0.25) is 17.7 Å². The predicted molar refractivity (Wildman–Crippen MR) is 188 cm³/mol. The number of aryl methyl sites for hydroxylation is 1. The van der Waals surface area contributed by atoms with Crippen molar-refractivity contribution in [3.8, 4) is 10.4 Å². The number of nitrogens with one attached hydrogen (secondary N) is 2. The number of hydrogen-bond donors (Lipinski definition) is 5. The molecule has 4 atom stereocenters. The van der Waals surface area contributed by atoms with Crippen molar-refractivity contribution >= 4 is 46.5 Å². The number of aromatic nitrogens is 3. The highest BCUT2D eigenvalue weighted by Gasteiger charge is 2.44. The number of carbonyl (C=O) groups is 4. The van der Waals surface area contributed by atoms with Gasteiger partial charge in [0.1, 0.15) is 12.1 Å². The van der Waals surface area contributed by atoms with Crippen LogP contribution in [0.25, 0.3) is 10.4 Å². The van der Waals surface area contributed by atoms with Gasteiger partial charge in [-0.05, 0) is 30.4 Å². The molecular formula is C34H45N9O6S. The Balaban J connectivity index is 1.19. The maximum atomic E-state index is 14.1. The number of aliphatic hydroxyl groups is 1. The van der Waals surface area contributed by atoms with Crippen molar-refractivity contribution in [2.24, 2.45) is 5.41 Å². The number of benzene rings is 1. The number of amides is 3. The minimum absolute atomic E-state index is 0.0187. The molecule has 0 radical (unpaired) electrons. The molecule has 16 heteroatoms. The number of likely N-dealkylation sites (tertiary alicyclic amines) is 1. The van der Waals surface area contributed by atoms with Gasteiger partial charge in [0.15, 0.2) is 11.5 Å². The monoisotopic (exact) mass is 707 g/mol. The van der Waals surface area contributed by atoms with Crippen LogP contribution in [0, 0.1) is 12.3 Å². The molecule has 1 aromatic carbocycles. The number of carboxylic acids is 1. The van der Waals surface area contributed by atoms with Crippen LogP contribution in [0.15, 0.2) is 35.8 Å². The van der Waals surface area contributed by atoms with Gasteiger partial charge < -0.3 is 36.4 Å². The fourth-order valence-corrected chi connectivity index (χ4v) is 7.13. The fourth-order valence-electron chi connectivity index (χ4n) is 6.32. The molecule has 4 heterocycles. The molecule has 0 bridgehead atoms. The number of β-amino-alcohol motifs (C(OH)–C–C–N with tert-alkyl or cyclic N) is 1. The quantitative estimate of drug-likeness (QED) is 0.204. The van der Waals surface area contributed by atoms with Crippen molar-refractivity contribution in [3.05, 3.63) is 52.8 Å². The smallest absolute Gasteiger partial charge is 0.356 e. The number of nitrogens with zero attached hydrogens (tertiary/aromatic N) is 6. The van der Waals surface area contributed by atoms with Gasteiger partial charge in [-0.2, -0.15) is 0 Å². The van der Waals surface area contributed by atoms with Crippen molar-refractivity contribution in [2.45, 2.75) is 65.3 Å². The van der Waals surface area contributed by atoms with Crippen LogP contribution >= 0.6 is 11.3 Å². The summed E-state index contributed by atoms with van der Waals surface area (Å²) >= 11 is 1.57. The second-order valence-electron chi connectivity index (χ2n) is 14.0. The largest absolute Gasteiger partial charge is 0.476 e. The topological polar surface area (TPSA) is 207 Å². The van der Waals surface area contributed by atoms with Crippen LogP contribution in [-0.4, -0.2) is 116 Å². The van der Waals surface area contributed by atoms with E-state index >= 15 is 0 Å². The molecule has 268 valence electrons. The number of nitrogen functional groups attached to an aromatic ring is 1. The highest BCUT2D eigenvalue weighted by molar-refractivity contribution is 7.13. The SMILES string of the molecule is Cc1ncsc1-c1ccc([C@H](C)NC(=O)[C@@H]2C[C@@H](O)CN2C(=O)C(NC(=O)CN2CCN(c3cc(C(=O)O)nnc3N)CC2)C(C)(C)C)cc1. The molecule has 2 fully saturated rings. The van der Waals surface area contributed by atoms with Crippen molar-refractivity contribution < 1.29 is 29.4 Å². The average Bonchev–Trinajstić information content (AvgIpc) is 3.68. The lowest BCUT2D eigenvalue weighted by molar-refractivity contribution is -0.144. The fraction of sp³-hybridized carbons (Fsp3) is 0.500. The van der Waals surface area contributed by atoms with Crippen LogP contribution in [0.3, 0.4) is 0 Å². The molecule has 2 aliphatic rings. The summed E-state index contributed by atoms with van der Waals surface area (Å²) in [7, 11) is 0. The summed E-state index contributed by atoms with van der Waals surface area (Å²) < 4.78 is 0. The van der Waals surface area contributed by atoms with Gasteiger partial charge >= 0.3 is 5.97 Å². The summed E-state index contributed by atoms with van der Waals surface area (Å²) in [4.78, 5) is 62.9. The van der Waals surface area contributed by atoms with Crippen LogP contribution in [0.1, 0.15) is 61.9 Å².